The highest BCUT2D eigenvalue weighted by Gasteiger charge is 2.39. The van der Waals surface area contributed by atoms with Crippen LogP contribution in [0.5, 0.6) is 0 Å². The number of aliphatic hydroxyl groups excluding tert-OH is 3. The van der Waals surface area contributed by atoms with Crippen molar-refractivity contribution in [1.29, 1.82) is 0 Å². The maximum Gasteiger partial charge on any atom is 0.335 e. The van der Waals surface area contributed by atoms with E-state index in [4.69, 9.17) is 15.2 Å². The molecule has 0 aromatic carbocycles. The fourth-order valence-corrected chi connectivity index (χ4v) is 5.98. The largest absolute Gasteiger partial charge is 0.597 e. The standard InChI is InChI=1S/C36H61N11O18/c1-4-5-6-7-8-11-21(49)16-25(50)37-17-26(51)42-28(29(52)35(58)59)34(57)41-24-18-65-36(60)23(13-10-15-47(64)45-62)40-30(53)19(2)38-31(54)22(12-9-14-46(63)44-61)39-33(56)27(20(3)48)43-32(24)55/h19-24,27-29,48-49,52,61-62H,4-18H2,1-3H3,(H,37,50)(H,38,54)(H,39,56)(H,40,53)(H,41,57)(H,42,51)(H,43,55)(H,58,59)/t19-,20+,21+,22+,23+,24-,27+,28+,29+/m0/s1. The number of carbonyl (C=O) groups is 9. The summed E-state index contributed by atoms with van der Waals surface area (Å²) in [6.45, 7) is 1.16. The quantitative estimate of drug-likeness (QED) is 0.0143. The second-order valence-corrected chi connectivity index (χ2v) is 15.1. The van der Waals surface area contributed by atoms with Crippen molar-refractivity contribution in [2.45, 2.75) is 146 Å². The van der Waals surface area contributed by atoms with Gasteiger partial charge in [0.1, 0.15) is 42.9 Å². The molecule has 0 spiro atoms. The number of nitrogens with one attached hydrogen (secondary N) is 7. The third kappa shape index (κ3) is 21.6. The Hall–Kier alpha value is -6.49. The van der Waals surface area contributed by atoms with Crippen molar-refractivity contribution in [1.82, 2.24) is 37.2 Å². The van der Waals surface area contributed by atoms with Crippen LogP contribution in [0.2, 0.25) is 0 Å². The van der Waals surface area contributed by atoms with Gasteiger partial charge in [0.05, 0.1) is 25.2 Å². The van der Waals surface area contributed by atoms with Crippen molar-refractivity contribution < 1.29 is 88.4 Å². The third-order valence-electron chi connectivity index (χ3n) is 9.63. The summed E-state index contributed by atoms with van der Waals surface area (Å²) in [7, 11) is 0. The van der Waals surface area contributed by atoms with Crippen molar-refractivity contribution in [2.75, 3.05) is 26.2 Å². The number of unbranched alkanes of at least 4 members (excludes halogenated alkanes) is 4. The predicted octanol–water partition coefficient (Wildman–Crippen LogP) is -4.21. The lowest BCUT2D eigenvalue weighted by Gasteiger charge is -2.29. The van der Waals surface area contributed by atoms with Crippen LogP contribution in [0, 0.1) is 10.4 Å². The minimum atomic E-state index is -2.72. The summed E-state index contributed by atoms with van der Waals surface area (Å²) < 4.78 is 5.21. The van der Waals surface area contributed by atoms with E-state index in [1.807, 2.05) is 17.6 Å². The van der Waals surface area contributed by atoms with Gasteiger partial charge in [0.15, 0.2) is 29.7 Å². The van der Waals surface area contributed by atoms with Gasteiger partial charge in [0.2, 0.25) is 41.4 Å². The zero-order valence-electron chi connectivity index (χ0n) is 36.2. The first-order chi connectivity index (χ1) is 30.6. The van der Waals surface area contributed by atoms with E-state index in [9.17, 15) is 74.0 Å². The Morgan fingerprint density at radius 3 is 1.95 bits per heavy atom. The predicted molar refractivity (Wildman–Crippen MR) is 214 cm³/mol. The van der Waals surface area contributed by atoms with Crippen LogP contribution in [-0.4, -0.2) is 175 Å². The van der Waals surface area contributed by atoms with Gasteiger partial charge in [-0.05, 0) is 33.1 Å². The third-order valence-corrected chi connectivity index (χ3v) is 9.63. The summed E-state index contributed by atoms with van der Waals surface area (Å²) in [5, 5.41) is 101. The zero-order chi connectivity index (χ0) is 49.2. The number of hydroxylamine groups is 2. The topological polar surface area (TPSA) is 445 Å². The SMILES string of the molecule is CCCCCCC[C@@H](O)CC(=O)NCC(=O)N[C@@H](C(=O)N[C@H]1COC(=O)[C@@H](CCC[N+]([O-])=NO)NC(=O)[C@H](C)NC(=O)[C@@H](CCC[N+]([O-])=NO)NC(=O)[C@@H]([C@@H](C)O)NC1=O)[C@@H](O)C(=O)O. The first-order valence-corrected chi connectivity index (χ1v) is 20.8. The summed E-state index contributed by atoms with van der Waals surface area (Å²) in [5.41, 5.74) is 0. The van der Waals surface area contributed by atoms with Gasteiger partial charge in [-0.15, -0.1) is 0 Å². The molecule has 0 aromatic rings. The number of nitrogens with zero attached hydrogens (tertiary/aromatic N) is 4. The Balaban J connectivity index is 3.52. The van der Waals surface area contributed by atoms with Crippen molar-refractivity contribution in [2.24, 2.45) is 10.6 Å². The molecule has 368 valence electrons. The maximum atomic E-state index is 13.8. The first kappa shape index (κ1) is 56.5. The maximum absolute atomic E-state index is 13.8. The van der Waals surface area contributed by atoms with E-state index in [1.54, 1.807) is 0 Å². The average molecular weight is 936 g/mol. The van der Waals surface area contributed by atoms with Crippen LogP contribution in [0.15, 0.2) is 10.6 Å². The molecule has 65 heavy (non-hydrogen) atoms. The van der Waals surface area contributed by atoms with E-state index >= 15 is 0 Å². The molecule has 29 heteroatoms. The molecule has 0 bridgehead atoms. The minimum Gasteiger partial charge on any atom is -0.597 e. The molecule has 1 heterocycles. The van der Waals surface area contributed by atoms with Crippen molar-refractivity contribution in [3.63, 3.8) is 0 Å². The summed E-state index contributed by atoms with van der Waals surface area (Å²) >= 11 is 0. The second-order valence-electron chi connectivity index (χ2n) is 15.1. The lowest BCUT2D eigenvalue weighted by Crippen LogP contribution is -2.64. The molecule has 13 N–H and O–H groups in total. The number of rotatable bonds is 24. The number of aliphatic hydroxyl groups is 3. The Morgan fingerprint density at radius 1 is 0.800 bits per heavy atom. The molecule has 1 rings (SSSR count). The summed E-state index contributed by atoms with van der Waals surface area (Å²) in [4.78, 5) is 118. The number of ether oxygens (including phenoxy) is 1. The van der Waals surface area contributed by atoms with E-state index in [0.717, 1.165) is 32.6 Å². The minimum absolute atomic E-state index is 0.146. The van der Waals surface area contributed by atoms with Gasteiger partial charge in [-0.25, -0.2) is 9.59 Å². The number of aliphatic carboxylic acids is 1. The molecule has 0 aliphatic carbocycles. The fourth-order valence-electron chi connectivity index (χ4n) is 5.98. The molecular formula is C36H61N11O18. The van der Waals surface area contributed by atoms with E-state index in [1.165, 1.54) is 6.92 Å². The summed E-state index contributed by atoms with van der Waals surface area (Å²) in [6, 6.07) is -11.3. The van der Waals surface area contributed by atoms with Gasteiger partial charge < -0.3 is 83.2 Å². The van der Waals surface area contributed by atoms with Crippen LogP contribution in [0.4, 0.5) is 0 Å². The summed E-state index contributed by atoms with van der Waals surface area (Å²) in [6.07, 6.45) is -2.38. The number of esters is 1. The van der Waals surface area contributed by atoms with Crippen molar-refractivity contribution in [3.05, 3.63) is 10.4 Å². The number of carboxylic acids is 1. The van der Waals surface area contributed by atoms with Gasteiger partial charge in [-0.1, -0.05) is 48.7 Å². The van der Waals surface area contributed by atoms with E-state index in [-0.39, 0.29) is 29.0 Å². The highest BCUT2D eigenvalue weighted by molar-refractivity contribution is 5.98. The molecule has 7 amide bonds. The van der Waals surface area contributed by atoms with Gasteiger partial charge >= 0.3 is 11.9 Å². The molecule has 0 saturated carbocycles. The molecule has 1 aliphatic rings. The molecular weight excluding hydrogens is 874 g/mol. The van der Waals surface area contributed by atoms with Gasteiger partial charge in [-0.3, -0.25) is 33.6 Å². The lowest BCUT2D eigenvalue weighted by atomic mass is 10.1. The Bertz CT molecular complexity index is 1700. The molecule has 0 radical (unpaired) electrons. The lowest BCUT2D eigenvalue weighted by molar-refractivity contribution is -0.556. The van der Waals surface area contributed by atoms with Crippen LogP contribution in [-0.2, 0) is 47.9 Å². The second kappa shape index (κ2) is 29.8. The Labute approximate surface area is 371 Å². The van der Waals surface area contributed by atoms with Crippen molar-refractivity contribution in [3.8, 4) is 0 Å². The Kier molecular flexibility index (Phi) is 25.9. The molecule has 0 aromatic heterocycles. The van der Waals surface area contributed by atoms with Gasteiger partial charge in [0.25, 0.3) is 0 Å². The van der Waals surface area contributed by atoms with Crippen molar-refractivity contribution >= 4 is 53.3 Å². The highest BCUT2D eigenvalue weighted by Crippen LogP contribution is 2.10. The molecule has 1 fully saturated rings. The molecule has 0 unspecified atom stereocenters. The average Bonchev–Trinajstić information content (AvgIpc) is 3.25. The van der Waals surface area contributed by atoms with Crippen LogP contribution < -0.4 is 37.2 Å². The van der Waals surface area contributed by atoms with E-state index < -0.39 is 147 Å². The normalized spacial score (nSPS) is 22.4. The molecule has 1 aliphatic heterocycles. The number of cyclic esters (lactones) is 1. The molecule has 9 atom stereocenters. The van der Waals surface area contributed by atoms with Crippen LogP contribution in [0.1, 0.15) is 91.4 Å². The van der Waals surface area contributed by atoms with Crippen LogP contribution in [0.3, 0.4) is 0 Å². The number of hydrogen-bond acceptors (Lipinski definition) is 17. The smallest absolute Gasteiger partial charge is 0.335 e. The fraction of sp³-hybridized carbons (Fsp3) is 0.750. The zero-order valence-corrected chi connectivity index (χ0v) is 36.2. The highest BCUT2D eigenvalue weighted by atomic mass is 16.6. The number of carboxylic acid groups (broad SMARTS) is 1. The molecule has 1 saturated heterocycles. The van der Waals surface area contributed by atoms with Crippen LogP contribution >= 0.6 is 0 Å². The van der Waals surface area contributed by atoms with E-state index in [0.29, 0.717) is 12.8 Å². The van der Waals surface area contributed by atoms with Crippen LogP contribution in [0.25, 0.3) is 0 Å². The molecule has 29 nitrogen and oxygen atoms in total. The Morgan fingerprint density at radius 2 is 1.38 bits per heavy atom. The number of hydrogen-bond donors (Lipinski definition) is 13. The van der Waals surface area contributed by atoms with E-state index in [2.05, 4.69) is 37.1 Å². The number of amides is 7. The first-order valence-electron chi connectivity index (χ1n) is 20.8. The van der Waals surface area contributed by atoms with Gasteiger partial charge in [0, 0.05) is 12.8 Å². The number of carbonyl (C=O) groups excluding carboxylic acids is 8. The van der Waals surface area contributed by atoms with Gasteiger partial charge in [-0.2, -0.15) is 0 Å². The monoisotopic (exact) mass is 935 g/mol. The summed E-state index contributed by atoms with van der Waals surface area (Å²) in [5.74, 6) is -11.8.